The molecule has 0 aliphatic carbocycles. The molecule has 0 radical (unpaired) electrons. The number of carbonyl (C=O) groups excluding carboxylic acids is 1. The molecule has 8 heteroatoms. The van der Waals surface area contributed by atoms with E-state index in [1.54, 1.807) is 11.3 Å². The van der Waals surface area contributed by atoms with Gasteiger partial charge in [0.25, 0.3) is 0 Å². The van der Waals surface area contributed by atoms with Gasteiger partial charge in [-0.25, -0.2) is 14.2 Å². The highest BCUT2D eigenvalue weighted by atomic mass is 32.1. The number of carbonyl (C=O) groups is 2. The van der Waals surface area contributed by atoms with Crippen molar-refractivity contribution < 1.29 is 19.1 Å². The molecule has 0 spiro atoms. The molecule has 162 valence electrons. The van der Waals surface area contributed by atoms with E-state index in [1.807, 2.05) is 29.1 Å². The maximum absolute atomic E-state index is 14.0. The molecule has 0 unspecified atom stereocenters. The molecule has 4 rings (SSSR count). The molecule has 0 saturated carbocycles. The Hall–Kier alpha value is -3.00. The van der Waals surface area contributed by atoms with Gasteiger partial charge < -0.3 is 14.6 Å². The van der Waals surface area contributed by atoms with Gasteiger partial charge in [-0.15, -0.1) is 11.3 Å². The van der Waals surface area contributed by atoms with Crippen LogP contribution in [0.4, 0.5) is 9.52 Å². The summed E-state index contributed by atoms with van der Waals surface area (Å²) in [6.45, 7) is 4.49. The van der Waals surface area contributed by atoms with E-state index in [-0.39, 0.29) is 12.2 Å². The van der Waals surface area contributed by atoms with Gasteiger partial charge in [0.05, 0.1) is 23.5 Å². The van der Waals surface area contributed by atoms with Crippen molar-refractivity contribution in [3.8, 4) is 0 Å². The molecule has 1 saturated heterocycles. The summed E-state index contributed by atoms with van der Waals surface area (Å²) in [6.07, 6.45) is 5.57. The lowest BCUT2D eigenvalue weighted by molar-refractivity contribution is 0.0691. The van der Waals surface area contributed by atoms with Crippen LogP contribution in [0.1, 0.15) is 56.9 Å². The fourth-order valence-corrected chi connectivity index (χ4v) is 4.78. The maximum Gasteiger partial charge on any atom is 0.338 e. The second-order valence-corrected chi connectivity index (χ2v) is 8.76. The molecule has 6 nitrogen and oxygen atoms in total. The van der Waals surface area contributed by atoms with E-state index < -0.39 is 17.3 Å². The number of Topliss-reactive ketones (excluding diaryl/α,β-unsaturated/α-hetero) is 1. The lowest BCUT2D eigenvalue weighted by atomic mass is 10.0. The molecule has 1 aromatic carbocycles. The Morgan fingerprint density at radius 2 is 1.97 bits per heavy atom. The first-order valence-corrected chi connectivity index (χ1v) is 11.2. The van der Waals surface area contributed by atoms with Crippen LogP contribution in [0.25, 0.3) is 0 Å². The minimum absolute atomic E-state index is 0.00361. The van der Waals surface area contributed by atoms with Crippen molar-refractivity contribution in [1.29, 1.82) is 0 Å². The molecule has 2 aromatic heterocycles. The zero-order chi connectivity index (χ0) is 22.0. The van der Waals surface area contributed by atoms with Crippen molar-refractivity contribution in [3.63, 3.8) is 0 Å². The van der Waals surface area contributed by atoms with E-state index in [0.717, 1.165) is 35.5 Å². The normalized spacial score (nSPS) is 14.1. The first-order chi connectivity index (χ1) is 14.9. The van der Waals surface area contributed by atoms with Crippen LogP contribution in [0.3, 0.4) is 0 Å². The van der Waals surface area contributed by atoms with Crippen LogP contribution in [0, 0.1) is 12.7 Å². The van der Waals surface area contributed by atoms with Crippen molar-refractivity contribution in [1.82, 2.24) is 9.55 Å². The van der Waals surface area contributed by atoms with E-state index in [0.29, 0.717) is 17.8 Å². The van der Waals surface area contributed by atoms with Gasteiger partial charge in [-0.3, -0.25) is 4.79 Å². The third-order valence-corrected chi connectivity index (χ3v) is 6.40. The molecular formula is C23H24FN3O3S. The van der Waals surface area contributed by atoms with E-state index in [4.69, 9.17) is 10.1 Å². The first-order valence-electron chi connectivity index (χ1n) is 10.3. The summed E-state index contributed by atoms with van der Waals surface area (Å²) in [5.74, 6) is -2.31. The molecule has 1 fully saturated rings. The van der Waals surface area contributed by atoms with Crippen LogP contribution in [0.15, 0.2) is 35.8 Å². The Labute approximate surface area is 184 Å². The predicted octanol–water partition coefficient (Wildman–Crippen LogP) is 4.55. The quantitative estimate of drug-likeness (QED) is 0.544. The molecule has 0 amide bonds. The topological polar surface area (TPSA) is 75.4 Å². The average Bonchev–Trinajstić information content (AvgIpc) is 3.35. The molecule has 3 heterocycles. The second-order valence-electron chi connectivity index (χ2n) is 7.92. The Morgan fingerprint density at radius 3 is 2.68 bits per heavy atom. The van der Waals surface area contributed by atoms with Crippen molar-refractivity contribution in [2.75, 3.05) is 18.0 Å². The minimum atomic E-state index is -1.33. The standard InChI is InChI=1S/C23H24FN3O3S/c1-15-9-20(21(28)11-16-5-6-18(22(29)30)19(24)10-16)27(12-15)13-17-14-31-23(25-17)26-7-3-2-4-8-26/h5-6,9-10,12,14H,2-4,7-8,11,13H2,1H3,(H,29,30). The Bertz CT molecular complexity index is 1120. The zero-order valence-electron chi connectivity index (χ0n) is 17.3. The van der Waals surface area contributed by atoms with Gasteiger partial charge in [0, 0.05) is 31.1 Å². The zero-order valence-corrected chi connectivity index (χ0v) is 18.1. The minimum Gasteiger partial charge on any atom is -0.478 e. The summed E-state index contributed by atoms with van der Waals surface area (Å²) in [4.78, 5) is 31.0. The number of hydrogen-bond acceptors (Lipinski definition) is 5. The van der Waals surface area contributed by atoms with Crippen molar-refractivity contribution in [3.05, 3.63) is 69.7 Å². The molecule has 0 bridgehead atoms. The highest BCUT2D eigenvalue weighted by molar-refractivity contribution is 7.13. The highest BCUT2D eigenvalue weighted by Crippen LogP contribution is 2.25. The van der Waals surface area contributed by atoms with Crippen LogP contribution in [-0.4, -0.2) is 39.5 Å². The number of aromatic nitrogens is 2. The van der Waals surface area contributed by atoms with Crippen LogP contribution in [-0.2, 0) is 13.0 Å². The number of nitrogens with zero attached hydrogens (tertiary/aromatic N) is 3. The number of rotatable bonds is 7. The molecule has 0 atom stereocenters. The number of benzene rings is 1. The van der Waals surface area contributed by atoms with Gasteiger partial charge >= 0.3 is 5.97 Å². The van der Waals surface area contributed by atoms with Crippen molar-refractivity contribution in [2.45, 2.75) is 39.2 Å². The Balaban J connectivity index is 1.49. The summed E-state index contributed by atoms with van der Waals surface area (Å²) in [6, 6.07) is 5.62. The van der Waals surface area contributed by atoms with E-state index >= 15 is 0 Å². The van der Waals surface area contributed by atoms with Gasteiger partial charge in [-0.1, -0.05) is 6.07 Å². The molecular weight excluding hydrogens is 417 g/mol. The summed E-state index contributed by atoms with van der Waals surface area (Å²) in [5, 5.41) is 12.0. The van der Waals surface area contributed by atoms with Crippen molar-refractivity contribution >= 4 is 28.2 Å². The van der Waals surface area contributed by atoms with E-state index in [2.05, 4.69) is 4.90 Å². The van der Waals surface area contributed by atoms with Crippen molar-refractivity contribution in [2.24, 2.45) is 0 Å². The summed E-state index contributed by atoms with van der Waals surface area (Å²) < 4.78 is 15.9. The summed E-state index contributed by atoms with van der Waals surface area (Å²) in [5.41, 5.74) is 2.45. The molecule has 1 N–H and O–H groups in total. The number of carboxylic acids is 1. The third kappa shape index (κ3) is 4.85. The fraction of sp³-hybridized carbons (Fsp3) is 0.348. The van der Waals surface area contributed by atoms with Crippen LogP contribution in [0.2, 0.25) is 0 Å². The molecule has 1 aliphatic rings. The number of aromatic carboxylic acids is 1. The van der Waals surface area contributed by atoms with E-state index in [9.17, 15) is 14.0 Å². The lowest BCUT2D eigenvalue weighted by Gasteiger charge is -2.25. The van der Waals surface area contributed by atoms with Crippen LogP contribution < -0.4 is 4.90 Å². The smallest absolute Gasteiger partial charge is 0.338 e. The van der Waals surface area contributed by atoms with Gasteiger partial charge in [-0.05, 0) is 55.5 Å². The number of ketones is 1. The number of piperidine rings is 1. The fourth-order valence-electron chi connectivity index (χ4n) is 3.91. The molecule has 1 aliphatic heterocycles. The van der Waals surface area contributed by atoms with Gasteiger partial charge in [0.15, 0.2) is 10.9 Å². The maximum atomic E-state index is 14.0. The number of thiazole rings is 1. The van der Waals surface area contributed by atoms with Gasteiger partial charge in [0.1, 0.15) is 5.82 Å². The highest BCUT2D eigenvalue weighted by Gasteiger charge is 2.18. The van der Waals surface area contributed by atoms with Gasteiger partial charge in [0.2, 0.25) is 0 Å². The lowest BCUT2D eigenvalue weighted by Crippen LogP contribution is -2.29. The molecule has 3 aromatic rings. The van der Waals surface area contributed by atoms with Crippen LogP contribution in [0.5, 0.6) is 0 Å². The Morgan fingerprint density at radius 1 is 1.19 bits per heavy atom. The predicted molar refractivity (Wildman–Crippen MR) is 118 cm³/mol. The molecule has 31 heavy (non-hydrogen) atoms. The summed E-state index contributed by atoms with van der Waals surface area (Å²) in [7, 11) is 0. The third-order valence-electron chi connectivity index (χ3n) is 5.45. The Kier molecular flexibility index (Phi) is 6.18. The van der Waals surface area contributed by atoms with E-state index in [1.165, 1.54) is 31.4 Å². The first kappa shape index (κ1) is 21.2. The monoisotopic (exact) mass is 441 g/mol. The van der Waals surface area contributed by atoms with Gasteiger partial charge in [-0.2, -0.15) is 0 Å². The number of halogens is 1. The number of aryl methyl sites for hydroxylation is 1. The van der Waals surface area contributed by atoms with Crippen LogP contribution >= 0.6 is 11.3 Å². The summed E-state index contributed by atoms with van der Waals surface area (Å²) >= 11 is 1.63. The second kappa shape index (κ2) is 9.01. The largest absolute Gasteiger partial charge is 0.478 e. The average molecular weight is 442 g/mol. The number of hydrogen-bond donors (Lipinski definition) is 1. The number of carboxylic acid groups (broad SMARTS) is 1. The number of anilines is 1. The SMILES string of the molecule is Cc1cc(C(=O)Cc2ccc(C(=O)O)c(F)c2)n(Cc2csc(N3CCCCC3)n2)c1.